The van der Waals surface area contributed by atoms with E-state index in [9.17, 15) is 9.59 Å². The van der Waals surface area contributed by atoms with Crippen molar-refractivity contribution in [1.29, 1.82) is 0 Å². The molecule has 5 heteroatoms. The molecule has 21 heavy (non-hydrogen) atoms. The average molecular weight is 289 g/mol. The van der Waals surface area contributed by atoms with Gasteiger partial charge in [0.25, 0.3) is 5.91 Å². The third-order valence-electron chi connectivity index (χ3n) is 3.87. The molecule has 0 radical (unpaired) electrons. The van der Waals surface area contributed by atoms with Crippen LogP contribution in [0.15, 0.2) is 18.2 Å². The summed E-state index contributed by atoms with van der Waals surface area (Å²) >= 11 is 0. The summed E-state index contributed by atoms with van der Waals surface area (Å²) in [6.45, 7) is 4.16. The van der Waals surface area contributed by atoms with E-state index in [2.05, 4.69) is 22.2 Å². The van der Waals surface area contributed by atoms with Crippen molar-refractivity contribution in [1.82, 2.24) is 10.9 Å². The van der Waals surface area contributed by atoms with E-state index >= 15 is 0 Å². The molecule has 5 nitrogen and oxygen atoms in total. The number of nitrogens with one attached hydrogen (secondary N) is 3. The fourth-order valence-corrected chi connectivity index (χ4v) is 2.65. The molecule has 1 aliphatic rings. The van der Waals surface area contributed by atoms with Crippen LogP contribution in [0.1, 0.15) is 36.8 Å². The van der Waals surface area contributed by atoms with Crippen molar-refractivity contribution in [3.8, 4) is 0 Å². The van der Waals surface area contributed by atoms with Crippen molar-refractivity contribution in [2.75, 3.05) is 11.9 Å². The van der Waals surface area contributed by atoms with Crippen molar-refractivity contribution in [3.63, 3.8) is 0 Å². The van der Waals surface area contributed by atoms with Crippen molar-refractivity contribution < 1.29 is 9.59 Å². The number of carbonyl (C=O) groups is 2. The number of rotatable bonds is 4. The van der Waals surface area contributed by atoms with Crippen LogP contribution in [0.2, 0.25) is 0 Å². The van der Waals surface area contributed by atoms with Crippen molar-refractivity contribution in [3.05, 3.63) is 29.3 Å². The first-order chi connectivity index (χ1) is 10.1. The summed E-state index contributed by atoms with van der Waals surface area (Å²) in [6, 6.07) is 6.01. The van der Waals surface area contributed by atoms with E-state index in [1.807, 2.05) is 26.0 Å². The molecule has 3 N–H and O–H groups in total. The zero-order chi connectivity index (χ0) is 15.2. The van der Waals surface area contributed by atoms with Crippen LogP contribution >= 0.6 is 0 Å². The van der Waals surface area contributed by atoms with Gasteiger partial charge in [0.15, 0.2) is 0 Å². The molecule has 0 heterocycles. The van der Waals surface area contributed by atoms with Crippen LogP contribution in [-0.2, 0) is 9.59 Å². The number of hydrogen-bond acceptors (Lipinski definition) is 3. The fraction of sp³-hybridized carbons (Fsp3) is 0.500. The highest BCUT2D eigenvalue weighted by molar-refractivity contribution is 5.85. The van der Waals surface area contributed by atoms with Gasteiger partial charge in [0.2, 0.25) is 5.91 Å². The predicted octanol–water partition coefficient (Wildman–Crippen LogP) is 2.05. The molecule has 0 saturated heterocycles. The molecule has 1 saturated carbocycles. The molecule has 0 aliphatic heterocycles. The number of hydrogen-bond donors (Lipinski definition) is 3. The highest BCUT2D eigenvalue weighted by Crippen LogP contribution is 2.24. The minimum atomic E-state index is -0.249. The zero-order valence-electron chi connectivity index (χ0n) is 12.7. The maximum atomic E-state index is 11.8. The van der Waals surface area contributed by atoms with Crippen LogP contribution < -0.4 is 16.2 Å². The quantitative estimate of drug-likeness (QED) is 0.743. The molecule has 0 aromatic heterocycles. The van der Waals surface area contributed by atoms with Gasteiger partial charge >= 0.3 is 0 Å². The molecule has 2 amide bonds. The Bertz CT molecular complexity index is 522. The Balaban J connectivity index is 1.73. The van der Waals surface area contributed by atoms with Gasteiger partial charge in [-0.05, 0) is 38.3 Å². The Labute approximate surface area is 125 Å². The summed E-state index contributed by atoms with van der Waals surface area (Å²) in [4.78, 5) is 23.5. The van der Waals surface area contributed by atoms with Gasteiger partial charge in [-0.3, -0.25) is 20.4 Å². The Morgan fingerprint density at radius 3 is 2.52 bits per heavy atom. The molecule has 0 unspecified atom stereocenters. The first-order valence-electron chi connectivity index (χ1n) is 7.46. The highest BCUT2D eigenvalue weighted by atomic mass is 16.2. The molecular formula is C16H23N3O2. The molecule has 0 spiro atoms. The molecule has 114 valence electrons. The second-order valence-corrected chi connectivity index (χ2v) is 5.69. The Kier molecular flexibility index (Phi) is 5.20. The largest absolute Gasteiger partial charge is 0.376 e. The molecule has 1 aromatic carbocycles. The molecule has 1 fully saturated rings. The van der Waals surface area contributed by atoms with Gasteiger partial charge in [-0.1, -0.05) is 30.5 Å². The summed E-state index contributed by atoms with van der Waals surface area (Å²) in [5, 5.41) is 3.07. The second-order valence-electron chi connectivity index (χ2n) is 5.69. The number of amides is 2. The van der Waals surface area contributed by atoms with E-state index in [4.69, 9.17) is 0 Å². The molecule has 1 aromatic rings. The Hall–Kier alpha value is -2.04. The summed E-state index contributed by atoms with van der Waals surface area (Å²) in [5.41, 5.74) is 8.18. The van der Waals surface area contributed by atoms with E-state index in [-0.39, 0.29) is 24.3 Å². The SMILES string of the molecule is Cc1ccc(NCC(=O)NNC(=O)C2CCCC2)c(C)c1. The predicted molar refractivity (Wildman–Crippen MR) is 82.6 cm³/mol. The highest BCUT2D eigenvalue weighted by Gasteiger charge is 2.22. The lowest BCUT2D eigenvalue weighted by Gasteiger charge is -2.13. The monoisotopic (exact) mass is 289 g/mol. The van der Waals surface area contributed by atoms with E-state index in [1.54, 1.807) is 0 Å². The lowest BCUT2D eigenvalue weighted by Crippen LogP contribution is -2.46. The van der Waals surface area contributed by atoms with Gasteiger partial charge < -0.3 is 5.32 Å². The Morgan fingerprint density at radius 1 is 1.14 bits per heavy atom. The van der Waals surface area contributed by atoms with Crippen LogP contribution in [-0.4, -0.2) is 18.4 Å². The molecule has 2 rings (SSSR count). The van der Waals surface area contributed by atoms with Crippen LogP contribution in [0, 0.1) is 19.8 Å². The van der Waals surface area contributed by atoms with Crippen molar-refractivity contribution in [2.24, 2.45) is 5.92 Å². The topological polar surface area (TPSA) is 70.2 Å². The normalized spacial score (nSPS) is 14.8. The molecular weight excluding hydrogens is 266 g/mol. The third-order valence-corrected chi connectivity index (χ3v) is 3.87. The fourth-order valence-electron chi connectivity index (χ4n) is 2.65. The van der Waals surface area contributed by atoms with Crippen LogP contribution in [0.4, 0.5) is 5.69 Å². The maximum absolute atomic E-state index is 11.8. The smallest absolute Gasteiger partial charge is 0.257 e. The van der Waals surface area contributed by atoms with E-state index in [0.29, 0.717) is 0 Å². The Morgan fingerprint density at radius 2 is 1.86 bits per heavy atom. The van der Waals surface area contributed by atoms with Gasteiger partial charge in [-0.15, -0.1) is 0 Å². The third kappa shape index (κ3) is 4.48. The van der Waals surface area contributed by atoms with Crippen LogP contribution in [0.25, 0.3) is 0 Å². The van der Waals surface area contributed by atoms with Gasteiger partial charge in [0.1, 0.15) is 0 Å². The first-order valence-corrected chi connectivity index (χ1v) is 7.46. The van der Waals surface area contributed by atoms with Gasteiger partial charge in [0, 0.05) is 11.6 Å². The van der Waals surface area contributed by atoms with Gasteiger partial charge in [0.05, 0.1) is 6.54 Å². The second kappa shape index (κ2) is 7.11. The number of aryl methyl sites for hydroxylation is 2. The number of anilines is 1. The molecule has 1 aliphatic carbocycles. The maximum Gasteiger partial charge on any atom is 0.257 e. The van der Waals surface area contributed by atoms with Crippen LogP contribution in [0.5, 0.6) is 0 Å². The first kappa shape index (κ1) is 15.4. The van der Waals surface area contributed by atoms with E-state index < -0.39 is 0 Å². The summed E-state index contributed by atoms with van der Waals surface area (Å²) in [7, 11) is 0. The number of carbonyl (C=O) groups excluding carboxylic acids is 2. The minimum absolute atomic E-state index is 0.0533. The van der Waals surface area contributed by atoms with Gasteiger partial charge in [-0.2, -0.15) is 0 Å². The van der Waals surface area contributed by atoms with E-state index in [0.717, 1.165) is 36.9 Å². The van der Waals surface area contributed by atoms with E-state index in [1.165, 1.54) is 5.56 Å². The summed E-state index contributed by atoms with van der Waals surface area (Å²) < 4.78 is 0. The van der Waals surface area contributed by atoms with Crippen LogP contribution in [0.3, 0.4) is 0 Å². The summed E-state index contributed by atoms with van der Waals surface area (Å²) in [5.74, 6) is -0.272. The zero-order valence-corrected chi connectivity index (χ0v) is 12.7. The lowest BCUT2D eigenvalue weighted by molar-refractivity contribution is -0.130. The van der Waals surface area contributed by atoms with Crippen molar-refractivity contribution >= 4 is 17.5 Å². The standard InChI is InChI=1S/C16H23N3O2/c1-11-7-8-14(12(2)9-11)17-10-15(20)18-19-16(21)13-5-3-4-6-13/h7-9,13,17H,3-6,10H2,1-2H3,(H,18,20)(H,19,21). The number of hydrazine groups is 1. The lowest BCUT2D eigenvalue weighted by atomic mass is 10.1. The minimum Gasteiger partial charge on any atom is -0.376 e. The van der Waals surface area contributed by atoms with Gasteiger partial charge in [-0.25, -0.2) is 0 Å². The average Bonchev–Trinajstić information content (AvgIpc) is 2.98. The summed E-state index contributed by atoms with van der Waals surface area (Å²) in [6.07, 6.45) is 4.03. The van der Waals surface area contributed by atoms with Crippen molar-refractivity contribution in [2.45, 2.75) is 39.5 Å². The molecule has 0 atom stereocenters. The number of benzene rings is 1. The molecule has 0 bridgehead atoms.